The molecular formula is C36H35ClN2O3. The van der Waals surface area contributed by atoms with E-state index in [2.05, 4.69) is 29.7 Å². The summed E-state index contributed by atoms with van der Waals surface area (Å²) >= 11 is 4.64. The Balaban J connectivity index is 0.000000398. The molecule has 0 unspecified atom stereocenters. The summed E-state index contributed by atoms with van der Waals surface area (Å²) in [6.07, 6.45) is 7.74. The molecule has 5 nitrogen and oxygen atoms in total. The van der Waals surface area contributed by atoms with Gasteiger partial charge < -0.3 is 20.1 Å². The van der Waals surface area contributed by atoms with E-state index in [9.17, 15) is 15.0 Å². The van der Waals surface area contributed by atoms with Gasteiger partial charge in [-0.05, 0) is 84.8 Å². The van der Waals surface area contributed by atoms with Crippen molar-refractivity contribution >= 4 is 44.9 Å². The summed E-state index contributed by atoms with van der Waals surface area (Å²) in [6.45, 7) is 11.7. The van der Waals surface area contributed by atoms with Gasteiger partial charge in [0.05, 0.1) is 5.69 Å². The number of phenols is 2. The maximum atomic E-state index is 13.5. The number of allylic oxidation sites excluding steroid dienone is 4. The van der Waals surface area contributed by atoms with Gasteiger partial charge in [0, 0.05) is 46.5 Å². The van der Waals surface area contributed by atoms with Gasteiger partial charge in [-0.15, -0.1) is 11.6 Å². The van der Waals surface area contributed by atoms with E-state index in [1.54, 1.807) is 29.2 Å². The summed E-state index contributed by atoms with van der Waals surface area (Å²) in [5.74, 6) is 0.344. The number of rotatable bonds is 4. The highest BCUT2D eigenvalue weighted by molar-refractivity contribution is 6.15. The first kappa shape index (κ1) is 30.2. The Bertz CT molecular complexity index is 1800. The number of aromatic hydroxyl groups is 2. The molecular weight excluding hydrogens is 544 g/mol. The number of phenolic OH excluding ortho intramolecular Hbond substituents is 2. The molecule has 5 aromatic rings. The van der Waals surface area contributed by atoms with Gasteiger partial charge in [0.15, 0.2) is 0 Å². The molecule has 0 fully saturated rings. The Morgan fingerprint density at radius 1 is 1.02 bits per heavy atom. The van der Waals surface area contributed by atoms with Crippen molar-refractivity contribution in [3.05, 3.63) is 126 Å². The van der Waals surface area contributed by atoms with E-state index in [1.807, 2.05) is 80.6 Å². The van der Waals surface area contributed by atoms with E-state index >= 15 is 0 Å². The molecule has 1 aromatic heterocycles. The molecule has 6 heteroatoms. The van der Waals surface area contributed by atoms with Crippen molar-refractivity contribution in [2.24, 2.45) is 0 Å². The summed E-state index contributed by atoms with van der Waals surface area (Å²) in [5.41, 5.74) is 7.42. The number of H-pyrrole nitrogens is 1. The lowest BCUT2D eigenvalue weighted by molar-refractivity contribution is 0.0989. The average Bonchev–Trinajstić information content (AvgIpc) is 3.61. The number of fused-ring (bicyclic) bond motifs is 4. The normalized spacial score (nSPS) is 12.0. The van der Waals surface area contributed by atoms with Crippen LogP contribution in [0.4, 0.5) is 5.69 Å². The average molecular weight is 579 g/mol. The predicted octanol–water partition coefficient (Wildman–Crippen LogP) is 9.07. The zero-order valence-electron chi connectivity index (χ0n) is 24.1. The molecule has 4 aromatic carbocycles. The van der Waals surface area contributed by atoms with Crippen molar-refractivity contribution in [1.29, 1.82) is 0 Å². The van der Waals surface area contributed by atoms with Gasteiger partial charge in [-0.25, -0.2) is 0 Å². The third-order valence-electron chi connectivity index (χ3n) is 7.12. The number of aromatic amines is 1. The van der Waals surface area contributed by atoms with Crippen molar-refractivity contribution < 1.29 is 15.0 Å². The Morgan fingerprint density at radius 2 is 1.76 bits per heavy atom. The summed E-state index contributed by atoms with van der Waals surface area (Å²) in [5, 5.41) is 23.1. The topological polar surface area (TPSA) is 76.6 Å². The van der Waals surface area contributed by atoms with Crippen molar-refractivity contribution in [3.8, 4) is 22.8 Å². The number of carbonyl (C=O) groups excluding carboxylic acids is 1. The van der Waals surface area contributed by atoms with Gasteiger partial charge in [0.2, 0.25) is 0 Å². The second kappa shape index (κ2) is 13.3. The van der Waals surface area contributed by atoms with Gasteiger partial charge in [-0.3, -0.25) is 4.79 Å². The molecule has 0 radical (unpaired) electrons. The standard InChI is InChI=1S/C28H22N2O3.C7H10.CH3Cl/c1-16-3-2-4-22-26(32)15-25-21(27(16)22)11-12-30(25)28(33)19-6-5-18-13-23(29-24(18)14-19)17-7-9-20(31)10-8-17;1-4-5-6-7(2)3;1-2/h2-10,13-15,29,31-32H,11-12H2,1H3;4-6H,1-2H2,3H3;1H3/b;6-5-;. The number of aryl methyl sites for hydroxylation is 1. The van der Waals surface area contributed by atoms with Gasteiger partial charge in [0.25, 0.3) is 5.91 Å². The maximum absolute atomic E-state index is 13.5. The van der Waals surface area contributed by atoms with E-state index in [0.29, 0.717) is 12.1 Å². The minimum absolute atomic E-state index is 0.0798. The fourth-order valence-electron chi connectivity index (χ4n) is 5.20. The fraction of sp³-hybridized carbons (Fsp3) is 0.139. The predicted molar refractivity (Wildman–Crippen MR) is 177 cm³/mol. The van der Waals surface area contributed by atoms with Crippen LogP contribution in [0, 0.1) is 6.92 Å². The number of alkyl halides is 1. The van der Waals surface area contributed by atoms with Crippen LogP contribution in [0.1, 0.15) is 28.4 Å². The van der Waals surface area contributed by atoms with Gasteiger partial charge in [-0.2, -0.15) is 0 Å². The lowest BCUT2D eigenvalue weighted by Crippen LogP contribution is -2.28. The van der Waals surface area contributed by atoms with Gasteiger partial charge >= 0.3 is 0 Å². The molecule has 3 N–H and O–H groups in total. The van der Waals surface area contributed by atoms with Crippen molar-refractivity contribution in [2.75, 3.05) is 17.8 Å². The highest BCUT2D eigenvalue weighted by Crippen LogP contribution is 2.41. The maximum Gasteiger partial charge on any atom is 0.258 e. The molecule has 42 heavy (non-hydrogen) atoms. The largest absolute Gasteiger partial charge is 0.508 e. The zero-order valence-corrected chi connectivity index (χ0v) is 24.9. The quantitative estimate of drug-likeness (QED) is 0.147. The monoisotopic (exact) mass is 578 g/mol. The molecule has 0 saturated heterocycles. The van der Waals surface area contributed by atoms with E-state index in [0.717, 1.165) is 61.7 Å². The Hall–Kier alpha value is -4.74. The Labute approximate surface area is 251 Å². The molecule has 0 aliphatic carbocycles. The number of nitrogens with zero attached hydrogens (tertiary/aromatic N) is 1. The second-order valence-corrected chi connectivity index (χ2v) is 10.1. The molecule has 0 atom stereocenters. The smallest absolute Gasteiger partial charge is 0.258 e. The lowest BCUT2D eigenvalue weighted by atomic mass is 9.97. The van der Waals surface area contributed by atoms with E-state index in [1.165, 1.54) is 6.38 Å². The van der Waals surface area contributed by atoms with Crippen LogP contribution in [0.3, 0.4) is 0 Å². The molecule has 214 valence electrons. The number of benzene rings is 4. The highest BCUT2D eigenvalue weighted by Gasteiger charge is 2.29. The number of hydrogen-bond acceptors (Lipinski definition) is 3. The molecule has 6 rings (SSSR count). The highest BCUT2D eigenvalue weighted by atomic mass is 35.5. The fourth-order valence-corrected chi connectivity index (χ4v) is 5.20. The number of hydrogen-bond donors (Lipinski definition) is 3. The number of carbonyl (C=O) groups is 1. The Morgan fingerprint density at radius 3 is 2.43 bits per heavy atom. The molecule has 1 amide bonds. The molecule has 2 heterocycles. The molecule has 0 saturated carbocycles. The van der Waals surface area contributed by atoms with Crippen LogP contribution in [0.15, 0.2) is 110 Å². The van der Waals surface area contributed by atoms with Crippen LogP contribution in [-0.2, 0) is 6.42 Å². The molecule has 0 spiro atoms. The number of nitrogens with one attached hydrogen (secondary N) is 1. The number of halogens is 1. The van der Waals surface area contributed by atoms with E-state index in [-0.39, 0.29) is 17.4 Å². The lowest BCUT2D eigenvalue weighted by Gasteiger charge is -2.19. The van der Waals surface area contributed by atoms with Crippen molar-refractivity contribution in [1.82, 2.24) is 4.98 Å². The zero-order chi connectivity index (χ0) is 30.4. The minimum Gasteiger partial charge on any atom is -0.508 e. The van der Waals surface area contributed by atoms with Gasteiger partial charge in [0.1, 0.15) is 11.5 Å². The first-order chi connectivity index (χ1) is 20.3. The molecule has 0 bridgehead atoms. The third-order valence-corrected chi connectivity index (χ3v) is 7.12. The first-order valence-electron chi connectivity index (χ1n) is 13.6. The van der Waals surface area contributed by atoms with Crippen LogP contribution in [0.5, 0.6) is 11.5 Å². The van der Waals surface area contributed by atoms with Crippen molar-refractivity contribution in [3.63, 3.8) is 0 Å². The number of aromatic nitrogens is 1. The van der Waals surface area contributed by atoms with Crippen LogP contribution in [0.25, 0.3) is 32.9 Å². The minimum atomic E-state index is -0.0798. The third kappa shape index (κ3) is 6.27. The molecule has 1 aliphatic rings. The second-order valence-electron chi connectivity index (χ2n) is 10.1. The van der Waals surface area contributed by atoms with Crippen LogP contribution < -0.4 is 4.90 Å². The van der Waals surface area contributed by atoms with Crippen molar-refractivity contribution in [2.45, 2.75) is 20.3 Å². The van der Waals surface area contributed by atoms with Crippen LogP contribution in [0.2, 0.25) is 0 Å². The van der Waals surface area contributed by atoms with E-state index in [4.69, 9.17) is 0 Å². The molecule has 1 aliphatic heterocycles. The van der Waals surface area contributed by atoms with Crippen LogP contribution >= 0.6 is 11.6 Å². The van der Waals surface area contributed by atoms with Crippen LogP contribution in [-0.4, -0.2) is 34.0 Å². The summed E-state index contributed by atoms with van der Waals surface area (Å²) in [4.78, 5) is 18.7. The SMILES string of the molecule is C=C/C=C\C(=C)C.CCl.Cc1cccc2c(O)cc3c(c12)CCN3C(=O)c1ccc2cc(-c3ccc(O)cc3)[nH]c2c1. The van der Waals surface area contributed by atoms with Gasteiger partial charge in [-0.1, -0.05) is 61.2 Å². The first-order valence-corrected chi connectivity index (χ1v) is 14.3. The van der Waals surface area contributed by atoms with E-state index < -0.39 is 0 Å². The summed E-state index contributed by atoms with van der Waals surface area (Å²) < 4.78 is 0. The Kier molecular flexibility index (Phi) is 9.56. The summed E-state index contributed by atoms with van der Waals surface area (Å²) in [6, 6.07) is 22.4. The number of anilines is 1. The summed E-state index contributed by atoms with van der Waals surface area (Å²) in [7, 11) is 0. The number of amides is 1.